The van der Waals surface area contributed by atoms with Crippen molar-refractivity contribution in [2.45, 2.75) is 18.2 Å². The molecular formula is C13H18BrNO5S. The van der Waals surface area contributed by atoms with Gasteiger partial charge in [-0.15, -0.1) is 0 Å². The predicted molar refractivity (Wildman–Crippen MR) is 82.2 cm³/mol. The quantitative estimate of drug-likeness (QED) is 0.813. The minimum absolute atomic E-state index is 0.192. The highest BCUT2D eigenvalue weighted by molar-refractivity contribution is 9.10. The zero-order valence-electron chi connectivity index (χ0n) is 11.9. The Morgan fingerprint density at radius 3 is 2.71 bits per heavy atom. The Balaban J connectivity index is 2.11. The summed E-state index contributed by atoms with van der Waals surface area (Å²) < 4.78 is 43.1. The van der Waals surface area contributed by atoms with Gasteiger partial charge in [0, 0.05) is 13.2 Å². The van der Waals surface area contributed by atoms with Gasteiger partial charge in [-0.25, -0.2) is 13.1 Å². The van der Waals surface area contributed by atoms with E-state index >= 15 is 0 Å². The first-order chi connectivity index (χ1) is 9.97. The molecule has 1 saturated heterocycles. The van der Waals surface area contributed by atoms with Crippen molar-refractivity contribution in [1.29, 1.82) is 0 Å². The number of nitrogens with one attached hydrogen (secondary N) is 1. The smallest absolute Gasteiger partial charge is 0.217 e. The van der Waals surface area contributed by atoms with E-state index in [1.165, 1.54) is 7.11 Å². The van der Waals surface area contributed by atoms with Crippen LogP contribution in [0.1, 0.15) is 12.0 Å². The van der Waals surface area contributed by atoms with E-state index in [0.717, 1.165) is 5.56 Å². The van der Waals surface area contributed by atoms with Crippen LogP contribution < -0.4 is 14.2 Å². The fraction of sp³-hybridized carbons (Fsp3) is 0.538. The number of benzene rings is 1. The molecule has 21 heavy (non-hydrogen) atoms. The van der Waals surface area contributed by atoms with Crippen molar-refractivity contribution in [3.05, 3.63) is 22.2 Å². The predicted octanol–water partition coefficient (Wildman–Crippen LogP) is 1.67. The van der Waals surface area contributed by atoms with Crippen LogP contribution >= 0.6 is 15.9 Å². The average molecular weight is 380 g/mol. The molecule has 1 aromatic carbocycles. The summed E-state index contributed by atoms with van der Waals surface area (Å²) in [6.07, 6.45) is 0.533. The Morgan fingerprint density at radius 2 is 2.14 bits per heavy atom. The zero-order chi connectivity index (χ0) is 15.5. The molecule has 2 rings (SSSR count). The molecule has 1 atom stereocenters. The topological polar surface area (TPSA) is 73.9 Å². The van der Waals surface area contributed by atoms with Gasteiger partial charge in [-0.05, 0) is 40.0 Å². The number of hydrogen-bond donors (Lipinski definition) is 1. The van der Waals surface area contributed by atoms with Crippen molar-refractivity contribution in [3.63, 3.8) is 0 Å². The van der Waals surface area contributed by atoms with Crippen LogP contribution in [0.5, 0.6) is 11.5 Å². The molecule has 0 bridgehead atoms. The molecule has 1 N–H and O–H groups in total. The number of rotatable bonds is 6. The molecule has 0 aromatic heterocycles. The standard InChI is InChI=1S/C13H18BrNO5S/c1-18-12-6-9(5-11(14)13(12)19-2)7-15-21(16,17)10-3-4-20-8-10/h5-6,10,15H,3-4,7-8H2,1-2H3. The van der Waals surface area contributed by atoms with Gasteiger partial charge in [-0.2, -0.15) is 0 Å². The molecule has 1 heterocycles. The minimum atomic E-state index is -3.37. The molecule has 6 nitrogen and oxygen atoms in total. The second-order valence-electron chi connectivity index (χ2n) is 4.66. The van der Waals surface area contributed by atoms with E-state index in [1.807, 2.05) is 0 Å². The van der Waals surface area contributed by atoms with E-state index in [9.17, 15) is 8.42 Å². The lowest BCUT2D eigenvalue weighted by molar-refractivity contribution is 0.198. The summed E-state index contributed by atoms with van der Waals surface area (Å²) in [6.45, 7) is 0.941. The maximum atomic E-state index is 12.1. The normalized spacial score (nSPS) is 18.7. The molecule has 1 aliphatic rings. The summed E-state index contributed by atoms with van der Waals surface area (Å²) in [4.78, 5) is 0. The molecule has 0 amide bonds. The van der Waals surface area contributed by atoms with Crippen molar-refractivity contribution < 1.29 is 22.6 Å². The second kappa shape index (κ2) is 6.95. The maximum absolute atomic E-state index is 12.1. The summed E-state index contributed by atoms with van der Waals surface area (Å²) >= 11 is 3.38. The number of methoxy groups -OCH3 is 2. The van der Waals surface area contributed by atoms with Crippen molar-refractivity contribution in [1.82, 2.24) is 4.72 Å². The number of hydrogen-bond acceptors (Lipinski definition) is 5. The minimum Gasteiger partial charge on any atom is -0.493 e. The van der Waals surface area contributed by atoms with Gasteiger partial charge < -0.3 is 14.2 Å². The van der Waals surface area contributed by atoms with Crippen LogP contribution in [0.2, 0.25) is 0 Å². The molecule has 8 heteroatoms. The number of ether oxygens (including phenoxy) is 3. The van der Waals surface area contributed by atoms with Gasteiger partial charge in [0.25, 0.3) is 0 Å². The highest BCUT2D eigenvalue weighted by Crippen LogP contribution is 2.36. The molecule has 1 aliphatic heterocycles. The van der Waals surface area contributed by atoms with Crippen LogP contribution in [-0.2, 0) is 21.3 Å². The second-order valence-corrected chi connectivity index (χ2v) is 7.56. The van der Waals surface area contributed by atoms with E-state index < -0.39 is 15.3 Å². The van der Waals surface area contributed by atoms with E-state index in [0.29, 0.717) is 29.0 Å². The van der Waals surface area contributed by atoms with Gasteiger partial charge in [-0.1, -0.05) is 0 Å². The first-order valence-electron chi connectivity index (χ1n) is 6.44. The van der Waals surface area contributed by atoms with Crippen molar-refractivity contribution in [3.8, 4) is 11.5 Å². The Kier molecular flexibility index (Phi) is 5.48. The van der Waals surface area contributed by atoms with Gasteiger partial charge in [-0.3, -0.25) is 0 Å². The Morgan fingerprint density at radius 1 is 1.38 bits per heavy atom. The monoisotopic (exact) mass is 379 g/mol. The van der Waals surface area contributed by atoms with Gasteiger partial charge in [0.2, 0.25) is 10.0 Å². The highest BCUT2D eigenvalue weighted by Gasteiger charge is 2.29. The zero-order valence-corrected chi connectivity index (χ0v) is 14.3. The Bertz CT molecular complexity index is 599. The molecule has 0 radical (unpaired) electrons. The Labute approximate surface area is 132 Å². The van der Waals surface area contributed by atoms with Crippen LogP contribution in [0.4, 0.5) is 0 Å². The average Bonchev–Trinajstić information content (AvgIpc) is 2.99. The highest BCUT2D eigenvalue weighted by atomic mass is 79.9. The van der Waals surface area contributed by atoms with E-state index in [2.05, 4.69) is 20.7 Å². The van der Waals surface area contributed by atoms with Gasteiger partial charge in [0.15, 0.2) is 11.5 Å². The first kappa shape index (κ1) is 16.5. The summed E-state index contributed by atoms with van der Waals surface area (Å²) in [7, 11) is -0.286. The van der Waals surface area contributed by atoms with Crippen LogP contribution in [0.25, 0.3) is 0 Å². The molecule has 0 saturated carbocycles. The largest absolute Gasteiger partial charge is 0.493 e. The van der Waals surface area contributed by atoms with Crippen LogP contribution in [0.15, 0.2) is 16.6 Å². The van der Waals surface area contributed by atoms with Crippen LogP contribution in [-0.4, -0.2) is 41.1 Å². The lowest BCUT2D eigenvalue weighted by Crippen LogP contribution is -2.34. The third kappa shape index (κ3) is 3.88. The maximum Gasteiger partial charge on any atom is 0.217 e. The number of sulfonamides is 1. The van der Waals surface area contributed by atoms with Gasteiger partial charge in [0.1, 0.15) is 5.25 Å². The summed E-state index contributed by atoms with van der Waals surface area (Å²) in [5, 5.41) is -0.471. The lowest BCUT2D eigenvalue weighted by atomic mass is 10.2. The molecule has 1 fully saturated rings. The van der Waals surface area contributed by atoms with E-state index in [4.69, 9.17) is 14.2 Å². The third-order valence-electron chi connectivity index (χ3n) is 3.30. The molecule has 0 spiro atoms. The first-order valence-corrected chi connectivity index (χ1v) is 8.78. The van der Waals surface area contributed by atoms with Crippen molar-refractivity contribution in [2.24, 2.45) is 0 Å². The summed E-state index contributed by atoms with van der Waals surface area (Å²) in [5.74, 6) is 1.12. The summed E-state index contributed by atoms with van der Waals surface area (Å²) in [6, 6.07) is 3.55. The van der Waals surface area contributed by atoms with Crippen molar-refractivity contribution >= 4 is 26.0 Å². The van der Waals surface area contributed by atoms with Crippen LogP contribution in [0.3, 0.4) is 0 Å². The fourth-order valence-corrected chi connectivity index (χ4v) is 4.07. The fourth-order valence-electron chi connectivity index (χ4n) is 2.13. The van der Waals surface area contributed by atoms with Crippen LogP contribution in [0, 0.1) is 0 Å². The SMILES string of the molecule is COc1cc(CNS(=O)(=O)C2CCOC2)cc(Br)c1OC. The molecule has 1 unspecified atom stereocenters. The summed E-state index contributed by atoms with van der Waals surface area (Å²) in [5.41, 5.74) is 0.780. The molecule has 0 aliphatic carbocycles. The number of halogens is 1. The van der Waals surface area contributed by atoms with Gasteiger partial charge >= 0.3 is 0 Å². The van der Waals surface area contributed by atoms with Gasteiger partial charge in [0.05, 0.1) is 25.3 Å². The molecule has 118 valence electrons. The molecule has 1 aromatic rings. The van der Waals surface area contributed by atoms with Crippen molar-refractivity contribution in [2.75, 3.05) is 27.4 Å². The molecular weight excluding hydrogens is 362 g/mol. The third-order valence-corrected chi connectivity index (χ3v) is 5.68. The lowest BCUT2D eigenvalue weighted by Gasteiger charge is -2.14. The van der Waals surface area contributed by atoms with E-state index in [1.54, 1.807) is 19.2 Å². The van der Waals surface area contributed by atoms with E-state index in [-0.39, 0.29) is 13.2 Å². The Hall–Kier alpha value is -0.830.